The third-order valence-corrected chi connectivity index (χ3v) is 3.39. The van der Waals surface area contributed by atoms with Crippen molar-refractivity contribution in [2.24, 2.45) is 16.5 Å². The predicted octanol–water partition coefficient (Wildman–Crippen LogP) is -0.404. The van der Waals surface area contributed by atoms with E-state index in [1.165, 1.54) is 30.6 Å². The topological polar surface area (TPSA) is 133 Å². The maximum absolute atomic E-state index is 12.9. The summed E-state index contributed by atoms with van der Waals surface area (Å²) >= 11 is 0. The second-order valence-corrected chi connectivity index (χ2v) is 5.52. The summed E-state index contributed by atoms with van der Waals surface area (Å²) in [4.78, 5) is 15.2. The summed E-state index contributed by atoms with van der Waals surface area (Å²) in [5, 5.41) is 4.78. The van der Waals surface area contributed by atoms with Crippen molar-refractivity contribution in [3.63, 3.8) is 0 Å². The molecule has 27 heavy (non-hydrogen) atoms. The molecule has 8 N–H and O–H groups in total. The Labute approximate surface area is 154 Å². The first-order valence-electron chi connectivity index (χ1n) is 8.06. The van der Waals surface area contributed by atoms with Crippen molar-refractivity contribution in [2.75, 3.05) is 5.32 Å². The lowest BCUT2D eigenvalue weighted by Crippen LogP contribution is -3.01. The molecule has 3 rings (SSSR count). The van der Waals surface area contributed by atoms with Crippen LogP contribution in [-0.4, -0.2) is 21.9 Å². The van der Waals surface area contributed by atoms with Crippen LogP contribution in [0.3, 0.4) is 0 Å². The Bertz CT molecular complexity index is 955. The highest BCUT2D eigenvalue weighted by Gasteiger charge is 2.09. The van der Waals surface area contributed by atoms with Crippen LogP contribution < -0.4 is 27.1 Å². The monoisotopic (exact) mass is 366 g/mol. The first-order valence-corrected chi connectivity index (χ1v) is 8.06. The molecular formula is C18H19FN8+2. The zero-order valence-electron chi connectivity index (χ0n) is 14.3. The molecule has 0 saturated carbocycles. The van der Waals surface area contributed by atoms with Gasteiger partial charge in [-0.3, -0.25) is 5.73 Å². The van der Waals surface area contributed by atoms with Crippen molar-refractivity contribution >= 4 is 34.9 Å². The van der Waals surface area contributed by atoms with Gasteiger partial charge in [-0.25, -0.2) is 14.7 Å². The van der Waals surface area contributed by atoms with Gasteiger partial charge in [0.1, 0.15) is 23.6 Å². The Kier molecular flexibility index (Phi) is 5.65. The van der Waals surface area contributed by atoms with Crippen LogP contribution in [0.25, 0.3) is 0 Å². The van der Waals surface area contributed by atoms with Crippen LogP contribution in [-0.2, 0) is 0 Å². The molecule has 0 radical (unpaired) electrons. The van der Waals surface area contributed by atoms with E-state index in [9.17, 15) is 4.39 Å². The molecule has 0 aliphatic rings. The molecule has 136 valence electrons. The highest BCUT2D eigenvalue weighted by atomic mass is 19.1. The number of hydrogen-bond acceptors (Lipinski definition) is 4. The summed E-state index contributed by atoms with van der Waals surface area (Å²) in [5.74, 6) is 1.20. The number of anilines is 2. The Morgan fingerprint density at radius 3 is 2.52 bits per heavy atom. The summed E-state index contributed by atoms with van der Waals surface area (Å²) in [7, 11) is 0. The standard InChI is InChI=1S/C18H17FN8/c19-12-6-8-14(9-7-12)25-17(20)27-18(21)26-16-10-15(22-11-23-16)24-13-4-2-1-3-5-13/h1-11H,(H6,20,21,22,23,24,25,26,27)/p+2. The molecule has 1 heterocycles. The first-order chi connectivity index (χ1) is 13.1. The molecule has 0 spiro atoms. The van der Waals surface area contributed by atoms with Gasteiger partial charge in [0.05, 0.1) is 6.07 Å². The Hall–Kier alpha value is -3.85. The smallest absolute Gasteiger partial charge is 0.340 e. The van der Waals surface area contributed by atoms with Crippen molar-refractivity contribution in [2.45, 2.75) is 0 Å². The number of hydrogen-bond donors (Lipinski definition) is 5. The van der Waals surface area contributed by atoms with E-state index in [4.69, 9.17) is 11.5 Å². The number of quaternary nitrogens is 1. The minimum atomic E-state index is -0.344. The summed E-state index contributed by atoms with van der Waals surface area (Å²) in [5.41, 5.74) is 13.2. The molecule has 0 unspecified atom stereocenters. The van der Waals surface area contributed by atoms with Gasteiger partial charge < -0.3 is 11.1 Å². The van der Waals surface area contributed by atoms with Gasteiger partial charge in [-0.05, 0) is 36.4 Å². The van der Waals surface area contributed by atoms with Crippen LogP contribution in [0.5, 0.6) is 0 Å². The van der Waals surface area contributed by atoms with Crippen molar-refractivity contribution < 1.29 is 14.7 Å². The average Bonchev–Trinajstić information content (AvgIpc) is 2.64. The quantitative estimate of drug-likeness (QED) is 0.316. The van der Waals surface area contributed by atoms with Crippen LogP contribution >= 0.6 is 0 Å². The van der Waals surface area contributed by atoms with E-state index in [1.54, 1.807) is 11.4 Å². The van der Waals surface area contributed by atoms with Gasteiger partial charge in [-0.15, -0.1) is 4.99 Å². The molecule has 8 nitrogen and oxygen atoms in total. The highest BCUT2D eigenvalue weighted by Crippen LogP contribution is 2.13. The SMILES string of the molecule is NC(=Nc1ccc(F)cc1)/[NH+]=C(/N)[NH2+]c1cc(Nc2ccccc2)ncn1. The highest BCUT2D eigenvalue weighted by molar-refractivity contribution is 5.77. The minimum Gasteiger partial charge on any atom is -0.340 e. The zero-order valence-corrected chi connectivity index (χ0v) is 14.3. The lowest BCUT2D eigenvalue weighted by atomic mass is 10.3. The molecule has 0 fully saturated rings. The Balaban J connectivity index is 1.68. The fourth-order valence-electron chi connectivity index (χ4n) is 2.21. The van der Waals surface area contributed by atoms with E-state index in [-0.39, 0.29) is 17.7 Å². The van der Waals surface area contributed by atoms with E-state index in [0.29, 0.717) is 17.3 Å². The second kappa shape index (κ2) is 8.50. The van der Waals surface area contributed by atoms with Crippen molar-refractivity contribution in [3.05, 3.63) is 72.8 Å². The molecule has 3 aromatic rings. The van der Waals surface area contributed by atoms with Gasteiger partial charge >= 0.3 is 11.9 Å². The van der Waals surface area contributed by atoms with Gasteiger partial charge in [0.2, 0.25) is 5.82 Å². The van der Waals surface area contributed by atoms with Crippen molar-refractivity contribution in [3.8, 4) is 0 Å². The van der Waals surface area contributed by atoms with E-state index in [1.807, 2.05) is 30.3 Å². The summed E-state index contributed by atoms with van der Waals surface area (Å²) in [6, 6.07) is 17.0. The Morgan fingerprint density at radius 2 is 1.78 bits per heavy atom. The zero-order chi connectivity index (χ0) is 19.1. The number of halogens is 1. The number of rotatable bonds is 4. The Morgan fingerprint density at radius 1 is 1.04 bits per heavy atom. The summed E-state index contributed by atoms with van der Waals surface area (Å²) < 4.78 is 12.9. The van der Waals surface area contributed by atoms with Gasteiger partial charge in [-0.2, -0.15) is 9.98 Å². The molecule has 0 saturated heterocycles. The van der Waals surface area contributed by atoms with Gasteiger partial charge in [0.25, 0.3) is 0 Å². The molecule has 0 aliphatic carbocycles. The number of benzene rings is 2. The third-order valence-electron chi connectivity index (χ3n) is 3.39. The van der Waals surface area contributed by atoms with Gasteiger partial charge in [0.15, 0.2) is 0 Å². The molecule has 2 aromatic carbocycles. The number of aliphatic imine (C=N–C) groups is 1. The van der Waals surface area contributed by atoms with E-state index < -0.39 is 0 Å². The lowest BCUT2D eigenvalue weighted by molar-refractivity contribution is -0.518. The fraction of sp³-hybridized carbons (Fsp3) is 0. The number of nitrogens with zero attached hydrogens (tertiary/aromatic N) is 3. The van der Waals surface area contributed by atoms with E-state index in [0.717, 1.165) is 5.69 Å². The molecular weight excluding hydrogens is 347 g/mol. The van der Waals surface area contributed by atoms with E-state index >= 15 is 0 Å². The lowest BCUT2D eigenvalue weighted by Gasteiger charge is -2.04. The van der Waals surface area contributed by atoms with Crippen LogP contribution in [0.1, 0.15) is 0 Å². The largest absolute Gasteiger partial charge is 0.369 e. The van der Waals surface area contributed by atoms with Crippen molar-refractivity contribution in [1.82, 2.24) is 9.97 Å². The number of nitrogens with one attached hydrogen (secondary N) is 2. The van der Waals surface area contributed by atoms with Crippen LogP contribution in [0.4, 0.5) is 27.4 Å². The first kappa shape index (κ1) is 18.0. The van der Waals surface area contributed by atoms with Crippen LogP contribution in [0.15, 0.2) is 72.0 Å². The molecule has 0 amide bonds. The van der Waals surface area contributed by atoms with Gasteiger partial charge in [0, 0.05) is 5.69 Å². The predicted molar refractivity (Wildman–Crippen MR) is 101 cm³/mol. The molecule has 0 atom stereocenters. The number of guanidine groups is 2. The third kappa shape index (κ3) is 5.58. The summed E-state index contributed by atoms with van der Waals surface area (Å²) in [6.45, 7) is 0. The molecule has 0 aliphatic heterocycles. The number of nitrogens with two attached hydrogens (primary N) is 3. The number of aromatic nitrogens is 2. The molecule has 9 heteroatoms. The van der Waals surface area contributed by atoms with Crippen LogP contribution in [0, 0.1) is 5.82 Å². The number of para-hydroxylation sites is 1. The molecule has 0 bridgehead atoms. The average molecular weight is 366 g/mol. The van der Waals surface area contributed by atoms with E-state index in [2.05, 4.69) is 25.3 Å². The normalized spacial score (nSPS) is 12.0. The van der Waals surface area contributed by atoms with Crippen LogP contribution in [0.2, 0.25) is 0 Å². The minimum absolute atomic E-state index is 0.0760. The fourth-order valence-corrected chi connectivity index (χ4v) is 2.21. The van der Waals surface area contributed by atoms with Gasteiger partial charge in [-0.1, -0.05) is 18.2 Å². The molecule has 1 aromatic heterocycles. The maximum Gasteiger partial charge on any atom is 0.369 e. The van der Waals surface area contributed by atoms with Crippen molar-refractivity contribution in [1.29, 1.82) is 0 Å². The maximum atomic E-state index is 12.9. The second-order valence-electron chi connectivity index (χ2n) is 5.52. The summed E-state index contributed by atoms with van der Waals surface area (Å²) in [6.07, 6.45) is 1.43.